The fraction of sp³-hybridized carbons (Fsp3) is 0.455. The molecule has 0 aliphatic heterocycles. The SMILES string of the molecule is COc1cc([N+](=O)[O-])c(CN)cc1OC(C)C. The first-order valence-corrected chi connectivity index (χ1v) is 5.21. The maximum absolute atomic E-state index is 10.8. The Balaban J connectivity index is 3.27. The summed E-state index contributed by atoms with van der Waals surface area (Å²) in [5, 5.41) is 10.8. The van der Waals surface area contributed by atoms with Crippen molar-refractivity contribution in [3.63, 3.8) is 0 Å². The van der Waals surface area contributed by atoms with E-state index < -0.39 is 4.92 Å². The summed E-state index contributed by atoms with van der Waals surface area (Å²) in [7, 11) is 1.44. The third-order valence-electron chi connectivity index (χ3n) is 2.14. The van der Waals surface area contributed by atoms with Crippen LogP contribution in [0.25, 0.3) is 0 Å². The topological polar surface area (TPSA) is 87.6 Å². The molecule has 0 heterocycles. The molecule has 0 amide bonds. The van der Waals surface area contributed by atoms with E-state index in [1.54, 1.807) is 6.07 Å². The zero-order valence-electron chi connectivity index (χ0n) is 10.1. The van der Waals surface area contributed by atoms with Crippen molar-refractivity contribution in [2.24, 2.45) is 5.73 Å². The van der Waals surface area contributed by atoms with Gasteiger partial charge in [-0.1, -0.05) is 0 Å². The van der Waals surface area contributed by atoms with Gasteiger partial charge >= 0.3 is 0 Å². The fourth-order valence-electron chi connectivity index (χ4n) is 1.43. The first kappa shape index (κ1) is 13.2. The molecule has 0 unspecified atom stereocenters. The Labute approximate surface area is 99.5 Å². The van der Waals surface area contributed by atoms with Crippen LogP contribution in [0.2, 0.25) is 0 Å². The van der Waals surface area contributed by atoms with Crippen molar-refractivity contribution >= 4 is 5.69 Å². The molecule has 0 aromatic heterocycles. The lowest BCUT2D eigenvalue weighted by atomic mass is 10.1. The van der Waals surface area contributed by atoms with Crippen LogP contribution < -0.4 is 15.2 Å². The summed E-state index contributed by atoms with van der Waals surface area (Å²) in [6.07, 6.45) is -0.0454. The van der Waals surface area contributed by atoms with E-state index in [1.807, 2.05) is 13.8 Å². The summed E-state index contributed by atoms with van der Waals surface area (Å²) < 4.78 is 10.6. The van der Waals surface area contributed by atoms with Crippen LogP contribution >= 0.6 is 0 Å². The first-order valence-electron chi connectivity index (χ1n) is 5.21. The highest BCUT2D eigenvalue weighted by Gasteiger charge is 2.19. The normalized spacial score (nSPS) is 10.4. The lowest BCUT2D eigenvalue weighted by Gasteiger charge is -2.14. The van der Waals surface area contributed by atoms with Crippen molar-refractivity contribution in [1.29, 1.82) is 0 Å². The van der Waals surface area contributed by atoms with Crippen LogP contribution in [0, 0.1) is 10.1 Å². The quantitative estimate of drug-likeness (QED) is 0.626. The molecule has 0 bridgehead atoms. The zero-order chi connectivity index (χ0) is 13.0. The van der Waals surface area contributed by atoms with Gasteiger partial charge in [0, 0.05) is 12.1 Å². The molecule has 0 saturated heterocycles. The lowest BCUT2D eigenvalue weighted by Crippen LogP contribution is -2.09. The van der Waals surface area contributed by atoms with Gasteiger partial charge in [0.25, 0.3) is 5.69 Å². The summed E-state index contributed by atoms with van der Waals surface area (Å²) in [6.45, 7) is 3.81. The molecule has 94 valence electrons. The summed E-state index contributed by atoms with van der Waals surface area (Å²) in [4.78, 5) is 10.4. The van der Waals surface area contributed by atoms with Crippen LogP contribution in [0.4, 0.5) is 5.69 Å². The van der Waals surface area contributed by atoms with Gasteiger partial charge in [-0.15, -0.1) is 0 Å². The summed E-state index contributed by atoms with van der Waals surface area (Å²) >= 11 is 0. The third kappa shape index (κ3) is 3.07. The molecule has 17 heavy (non-hydrogen) atoms. The van der Waals surface area contributed by atoms with E-state index in [9.17, 15) is 10.1 Å². The molecule has 1 aromatic carbocycles. The number of ether oxygens (including phenoxy) is 2. The Kier molecular flexibility index (Phi) is 4.28. The van der Waals surface area contributed by atoms with Gasteiger partial charge in [0.2, 0.25) is 0 Å². The van der Waals surface area contributed by atoms with Crippen LogP contribution in [0.3, 0.4) is 0 Å². The number of nitro benzene ring substituents is 1. The van der Waals surface area contributed by atoms with Crippen LogP contribution in [0.1, 0.15) is 19.4 Å². The van der Waals surface area contributed by atoms with Crippen LogP contribution in [-0.4, -0.2) is 18.1 Å². The largest absolute Gasteiger partial charge is 0.493 e. The van der Waals surface area contributed by atoms with Crippen LogP contribution in [0.15, 0.2) is 12.1 Å². The van der Waals surface area contributed by atoms with Gasteiger partial charge in [-0.3, -0.25) is 10.1 Å². The minimum Gasteiger partial charge on any atom is -0.493 e. The van der Waals surface area contributed by atoms with Gasteiger partial charge in [-0.05, 0) is 19.9 Å². The van der Waals surface area contributed by atoms with E-state index in [-0.39, 0.29) is 18.3 Å². The minimum absolute atomic E-state index is 0.0454. The van der Waals surface area contributed by atoms with Crippen molar-refractivity contribution in [1.82, 2.24) is 0 Å². The van der Waals surface area contributed by atoms with E-state index in [0.29, 0.717) is 17.1 Å². The molecule has 0 saturated carbocycles. The second-order valence-corrected chi connectivity index (χ2v) is 3.76. The maximum Gasteiger partial charge on any atom is 0.277 e. The predicted octanol–water partition coefficient (Wildman–Crippen LogP) is 1.85. The van der Waals surface area contributed by atoms with E-state index in [4.69, 9.17) is 15.2 Å². The van der Waals surface area contributed by atoms with E-state index >= 15 is 0 Å². The van der Waals surface area contributed by atoms with E-state index in [1.165, 1.54) is 13.2 Å². The molecule has 6 nitrogen and oxygen atoms in total. The highest BCUT2D eigenvalue weighted by Crippen LogP contribution is 2.35. The van der Waals surface area contributed by atoms with Gasteiger partial charge in [0.15, 0.2) is 11.5 Å². The maximum atomic E-state index is 10.8. The number of benzene rings is 1. The highest BCUT2D eigenvalue weighted by molar-refractivity contribution is 5.54. The number of nitrogens with zero attached hydrogens (tertiary/aromatic N) is 1. The molecule has 2 N–H and O–H groups in total. The van der Waals surface area contributed by atoms with Crippen molar-refractivity contribution in [2.45, 2.75) is 26.5 Å². The van der Waals surface area contributed by atoms with Crippen molar-refractivity contribution < 1.29 is 14.4 Å². The number of rotatable bonds is 5. The second kappa shape index (κ2) is 5.49. The molecule has 0 radical (unpaired) electrons. The number of nitro groups is 1. The monoisotopic (exact) mass is 240 g/mol. The third-order valence-corrected chi connectivity index (χ3v) is 2.14. The molecule has 0 aliphatic carbocycles. The standard InChI is InChI=1S/C11H16N2O4/c1-7(2)17-11-4-8(6-12)9(13(14)15)5-10(11)16-3/h4-5,7H,6,12H2,1-3H3. The first-order chi connectivity index (χ1) is 7.99. The van der Waals surface area contributed by atoms with Gasteiger partial charge in [0.05, 0.1) is 24.2 Å². The molecule has 0 aliphatic rings. The van der Waals surface area contributed by atoms with Gasteiger partial charge in [-0.2, -0.15) is 0 Å². The molecular weight excluding hydrogens is 224 g/mol. The Morgan fingerprint density at radius 3 is 2.47 bits per heavy atom. The molecule has 0 spiro atoms. The van der Waals surface area contributed by atoms with Crippen molar-refractivity contribution in [3.8, 4) is 11.5 Å². The van der Waals surface area contributed by atoms with E-state index in [0.717, 1.165) is 0 Å². The lowest BCUT2D eigenvalue weighted by molar-refractivity contribution is -0.385. The number of methoxy groups -OCH3 is 1. The van der Waals surface area contributed by atoms with Gasteiger partial charge in [-0.25, -0.2) is 0 Å². The van der Waals surface area contributed by atoms with Crippen molar-refractivity contribution in [3.05, 3.63) is 27.8 Å². The zero-order valence-corrected chi connectivity index (χ0v) is 10.1. The average molecular weight is 240 g/mol. The Bertz CT molecular complexity index is 418. The molecule has 6 heteroatoms. The Morgan fingerprint density at radius 1 is 1.41 bits per heavy atom. The number of hydrogen-bond donors (Lipinski definition) is 1. The van der Waals surface area contributed by atoms with Crippen molar-refractivity contribution in [2.75, 3.05) is 7.11 Å². The predicted molar refractivity (Wildman–Crippen MR) is 63.3 cm³/mol. The molecule has 0 atom stereocenters. The average Bonchev–Trinajstić information content (AvgIpc) is 2.27. The van der Waals surface area contributed by atoms with Gasteiger partial charge < -0.3 is 15.2 Å². The summed E-state index contributed by atoms with van der Waals surface area (Å²) in [6, 6.07) is 2.89. The van der Waals surface area contributed by atoms with Gasteiger partial charge in [0.1, 0.15) is 0 Å². The summed E-state index contributed by atoms with van der Waals surface area (Å²) in [5.41, 5.74) is 5.85. The van der Waals surface area contributed by atoms with Crippen LogP contribution in [0.5, 0.6) is 11.5 Å². The molecule has 1 aromatic rings. The van der Waals surface area contributed by atoms with E-state index in [2.05, 4.69) is 0 Å². The molecular formula is C11H16N2O4. The number of hydrogen-bond acceptors (Lipinski definition) is 5. The molecule has 0 fully saturated rings. The Morgan fingerprint density at radius 2 is 2.06 bits per heavy atom. The highest BCUT2D eigenvalue weighted by atomic mass is 16.6. The Hall–Kier alpha value is -1.82. The fourth-order valence-corrected chi connectivity index (χ4v) is 1.43. The molecule has 1 rings (SSSR count). The number of nitrogens with two attached hydrogens (primary N) is 1. The second-order valence-electron chi connectivity index (χ2n) is 3.76. The smallest absolute Gasteiger partial charge is 0.277 e. The minimum atomic E-state index is -0.482. The van der Waals surface area contributed by atoms with Crippen LogP contribution in [-0.2, 0) is 6.54 Å². The summed E-state index contributed by atoms with van der Waals surface area (Å²) in [5.74, 6) is 0.802.